The van der Waals surface area contributed by atoms with Gasteiger partial charge in [-0.25, -0.2) is 22.1 Å². The first kappa shape index (κ1) is 16.6. The number of carboxylic acid groups (broad SMARTS) is 1. The number of nitrogens with zero attached hydrogens (tertiary/aromatic N) is 4. The van der Waals surface area contributed by atoms with E-state index in [0.29, 0.717) is 5.69 Å². The fraction of sp³-hybridized carbons (Fsp3) is 0.462. The smallest absolute Gasteiger partial charge is 0.326 e. The van der Waals surface area contributed by atoms with Gasteiger partial charge < -0.3 is 15.1 Å². The Bertz CT molecular complexity index is 893. The van der Waals surface area contributed by atoms with Crippen molar-refractivity contribution >= 4 is 32.7 Å². The monoisotopic (exact) mass is 356 g/mol. The first-order valence-electron chi connectivity index (χ1n) is 7.08. The summed E-state index contributed by atoms with van der Waals surface area (Å²) in [5, 5.41) is 26.5. The van der Waals surface area contributed by atoms with Crippen molar-refractivity contribution < 1.29 is 28.1 Å². The molecule has 2 N–H and O–H groups in total. The lowest BCUT2D eigenvalue weighted by atomic mass is 10.2. The highest BCUT2D eigenvalue weighted by Gasteiger charge is 2.38. The number of aliphatic carboxylic acids is 1. The third kappa shape index (κ3) is 2.50. The number of β-amino-alcohol motifs (C(OH)–C–C–N with tert-alkyl or cyclic N) is 1. The van der Waals surface area contributed by atoms with Crippen molar-refractivity contribution in [3.63, 3.8) is 0 Å². The van der Waals surface area contributed by atoms with E-state index in [1.165, 1.54) is 31.1 Å². The van der Waals surface area contributed by atoms with E-state index < -0.39 is 28.1 Å². The number of sulfonamides is 1. The summed E-state index contributed by atoms with van der Waals surface area (Å²) in [6, 6.07) is 1.86. The fourth-order valence-electron chi connectivity index (χ4n) is 2.78. The summed E-state index contributed by atoms with van der Waals surface area (Å²) < 4.78 is 30.5. The van der Waals surface area contributed by atoms with E-state index in [2.05, 4.69) is 14.9 Å². The maximum Gasteiger partial charge on any atom is 0.326 e. The van der Waals surface area contributed by atoms with E-state index in [-0.39, 0.29) is 28.9 Å². The lowest BCUT2D eigenvalue weighted by molar-refractivity contribution is -0.138. The van der Waals surface area contributed by atoms with E-state index in [9.17, 15) is 23.4 Å². The first-order valence-corrected chi connectivity index (χ1v) is 8.52. The average Bonchev–Trinajstić information content (AvgIpc) is 3.12. The Morgan fingerprint density at radius 3 is 2.62 bits per heavy atom. The highest BCUT2D eigenvalue weighted by molar-refractivity contribution is 7.89. The van der Waals surface area contributed by atoms with Crippen molar-refractivity contribution in [3.8, 4) is 0 Å². The van der Waals surface area contributed by atoms with Crippen LogP contribution in [-0.4, -0.2) is 72.0 Å². The van der Waals surface area contributed by atoms with Crippen molar-refractivity contribution in [2.75, 3.05) is 25.5 Å². The molecule has 1 aromatic carbocycles. The average molecular weight is 356 g/mol. The van der Waals surface area contributed by atoms with Crippen LogP contribution < -0.4 is 4.90 Å². The first-order chi connectivity index (χ1) is 11.2. The van der Waals surface area contributed by atoms with Gasteiger partial charge in [0.15, 0.2) is 11.0 Å². The summed E-state index contributed by atoms with van der Waals surface area (Å²) in [5.74, 6) is -1.08. The maximum atomic E-state index is 12.4. The SMILES string of the molecule is CN(C)S(=O)(=O)c1ccc(N2C[C@H](O)C[C@H]2C(=O)O)c2nonc12. The molecule has 10 nitrogen and oxygen atoms in total. The molecule has 1 aliphatic heterocycles. The van der Waals surface area contributed by atoms with Gasteiger partial charge >= 0.3 is 5.97 Å². The zero-order valence-corrected chi connectivity index (χ0v) is 13.8. The van der Waals surface area contributed by atoms with Crippen molar-refractivity contribution in [2.45, 2.75) is 23.5 Å². The molecule has 1 aliphatic rings. The molecule has 1 aromatic heterocycles. The summed E-state index contributed by atoms with van der Waals surface area (Å²) >= 11 is 0. The maximum absolute atomic E-state index is 12.4. The standard InChI is InChI=1S/C13H16N4O6S/c1-16(2)24(21,22)10-4-3-8(11-12(10)15-23-14-11)17-6-7(18)5-9(17)13(19)20/h3-4,7,9,18H,5-6H2,1-2H3,(H,19,20)/t7-,9+/m1/s1. The highest BCUT2D eigenvalue weighted by atomic mass is 32.2. The molecule has 2 atom stereocenters. The summed E-state index contributed by atoms with van der Waals surface area (Å²) in [6.45, 7) is 0.0959. The second-order valence-corrected chi connectivity index (χ2v) is 7.85. The third-order valence-electron chi connectivity index (χ3n) is 3.99. The fourth-order valence-corrected chi connectivity index (χ4v) is 3.79. The topological polar surface area (TPSA) is 137 Å². The van der Waals surface area contributed by atoms with Crippen LogP contribution in [0, 0.1) is 0 Å². The number of anilines is 1. The summed E-state index contributed by atoms with van der Waals surface area (Å²) in [5.41, 5.74) is 0.512. The molecule has 3 rings (SSSR count). The Morgan fingerprint density at radius 2 is 2.00 bits per heavy atom. The van der Waals surface area contributed by atoms with E-state index >= 15 is 0 Å². The molecule has 1 saturated heterocycles. The third-order valence-corrected chi connectivity index (χ3v) is 5.84. The van der Waals surface area contributed by atoms with Gasteiger partial charge in [0, 0.05) is 27.1 Å². The van der Waals surface area contributed by atoms with E-state index in [1.807, 2.05) is 0 Å². The Morgan fingerprint density at radius 1 is 1.33 bits per heavy atom. The normalized spacial score (nSPS) is 21.8. The number of carbonyl (C=O) groups is 1. The van der Waals surface area contributed by atoms with Gasteiger partial charge in [-0.05, 0) is 22.4 Å². The van der Waals surface area contributed by atoms with Crippen LogP contribution in [0.5, 0.6) is 0 Å². The Kier molecular flexibility index (Phi) is 3.94. The number of aliphatic hydroxyl groups excluding tert-OH is 1. The molecule has 0 bridgehead atoms. The number of aromatic nitrogens is 2. The van der Waals surface area contributed by atoms with Crippen LogP contribution in [0.2, 0.25) is 0 Å². The summed E-state index contributed by atoms with van der Waals surface area (Å²) in [4.78, 5) is 12.8. The lowest BCUT2D eigenvalue weighted by Gasteiger charge is -2.23. The van der Waals surface area contributed by atoms with Crippen LogP contribution in [0.3, 0.4) is 0 Å². The van der Waals surface area contributed by atoms with Crippen LogP contribution in [0.25, 0.3) is 11.0 Å². The minimum atomic E-state index is -3.77. The number of hydrogen-bond donors (Lipinski definition) is 2. The number of carboxylic acids is 1. The molecule has 0 spiro atoms. The predicted molar refractivity (Wildman–Crippen MR) is 82.1 cm³/mol. The largest absolute Gasteiger partial charge is 0.480 e. The number of benzene rings is 1. The molecule has 1 fully saturated rings. The van der Waals surface area contributed by atoms with E-state index in [1.54, 1.807) is 0 Å². The number of hydrogen-bond acceptors (Lipinski definition) is 8. The quantitative estimate of drug-likeness (QED) is 0.742. The zero-order valence-electron chi connectivity index (χ0n) is 12.9. The highest BCUT2D eigenvalue weighted by Crippen LogP contribution is 2.34. The molecule has 130 valence electrons. The summed E-state index contributed by atoms with van der Waals surface area (Å²) in [7, 11) is -0.990. The van der Waals surface area contributed by atoms with Gasteiger partial charge in [-0.2, -0.15) is 0 Å². The Balaban J connectivity index is 2.16. The summed E-state index contributed by atoms with van der Waals surface area (Å²) in [6.07, 6.45) is -0.731. The van der Waals surface area contributed by atoms with Crippen LogP contribution in [0.4, 0.5) is 5.69 Å². The molecule has 0 aliphatic carbocycles. The molecule has 0 radical (unpaired) electrons. The van der Waals surface area contributed by atoms with Gasteiger partial charge in [0.2, 0.25) is 10.0 Å². The van der Waals surface area contributed by atoms with Gasteiger partial charge in [0.25, 0.3) is 0 Å². The van der Waals surface area contributed by atoms with E-state index in [4.69, 9.17) is 0 Å². The van der Waals surface area contributed by atoms with Crippen LogP contribution in [0.1, 0.15) is 6.42 Å². The Hall–Kier alpha value is -2.24. The lowest BCUT2D eigenvalue weighted by Crippen LogP contribution is -2.36. The molecule has 0 unspecified atom stereocenters. The number of rotatable bonds is 4. The van der Waals surface area contributed by atoms with Crippen LogP contribution in [-0.2, 0) is 14.8 Å². The molecule has 11 heteroatoms. The van der Waals surface area contributed by atoms with Gasteiger partial charge in [0.05, 0.1) is 11.8 Å². The van der Waals surface area contributed by atoms with Gasteiger partial charge in [-0.3, -0.25) is 0 Å². The van der Waals surface area contributed by atoms with Gasteiger partial charge in [0.1, 0.15) is 10.9 Å². The second kappa shape index (κ2) is 5.69. The minimum absolute atomic E-state index is 0.0201. The van der Waals surface area contributed by atoms with Crippen LogP contribution in [0.15, 0.2) is 21.7 Å². The number of fused-ring (bicyclic) bond motifs is 1. The van der Waals surface area contributed by atoms with Crippen LogP contribution >= 0.6 is 0 Å². The van der Waals surface area contributed by atoms with Crippen molar-refractivity contribution in [3.05, 3.63) is 12.1 Å². The van der Waals surface area contributed by atoms with E-state index in [0.717, 1.165) is 4.31 Å². The van der Waals surface area contributed by atoms with Crippen molar-refractivity contribution in [2.24, 2.45) is 0 Å². The molecule has 2 heterocycles. The van der Waals surface area contributed by atoms with Crippen molar-refractivity contribution in [1.29, 1.82) is 0 Å². The molecule has 0 amide bonds. The molecule has 0 saturated carbocycles. The van der Waals surface area contributed by atoms with Crippen molar-refractivity contribution in [1.82, 2.24) is 14.6 Å². The predicted octanol–water partition coefficient (Wildman–Crippen LogP) is -0.503. The second-order valence-electron chi connectivity index (χ2n) is 5.73. The molecular formula is C13H16N4O6S. The molecule has 2 aromatic rings. The number of aliphatic hydroxyl groups is 1. The molecule has 24 heavy (non-hydrogen) atoms. The Labute approximate surface area is 137 Å². The van der Waals surface area contributed by atoms with Gasteiger partial charge in [-0.1, -0.05) is 0 Å². The zero-order chi connectivity index (χ0) is 17.6. The molecular weight excluding hydrogens is 340 g/mol. The minimum Gasteiger partial charge on any atom is -0.480 e. The van der Waals surface area contributed by atoms with Gasteiger partial charge in [-0.15, -0.1) is 0 Å².